The van der Waals surface area contributed by atoms with E-state index < -0.39 is 6.04 Å². The Labute approximate surface area is 96.4 Å². The van der Waals surface area contributed by atoms with Crippen LogP contribution in [0.2, 0.25) is 0 Å². The van der Waals surface area contributed by atoms with Crippen molar-refractivity contribution in [2.45, 2.75) is 45.2 Å². The molecule has 0 spiro atoms. The van der Waals surface area contributed by atoms with Gasteiger partial charge in [0, 0.05) is 25.6 Å². The third-order valence-corrected chi connectivity index (χ3v) is 2.88. The Kier molecular flexibility index (Phi) is 4.73. The van der Waals surface area contributed by atoms with Crippen LogP contribution in [0.5, 0.6) is 0 Å². The predicted octanol–water partition coefficient (Wildman–Crippen LogP) is -0.149. The summed E-state index contributed by atoms with van der Waals surface area (Å²) in [5.41, 5.74) is 5.54. The number of nitrogens with two attached hydrogens (primary N) is 1. The molecule has 1 fully saturated rings. The molecule has 0 radical (unpaired) electrons. The van der Waals surface area contributed by atoms with Gasteiger partial charge in [-0.25, -0.2) is 0 Å². The van der Waals surface area contributed by atoms with E-state index in [4.69, 9.17) is 5.73 Å². The fourth-order valence-electron chi connectivity index (χ4n) is 1.86. The third-order valence-electron chi connectivity index (χ3n) is 2.88. The van der Waals surface area contributed by atoms with Crippen LogP contribution in [0.3, 0.4) is 0 Å². The smallest absolute Gasteiger partial charge is 0.239 e. The largest absolute Gasteiger partial charge is 0.353 e. The van der Waals surface area contributed by atoms with E-state index in [-0.39, 0.29) is 17.9 Å². The number of carbonyl (C=O) groups excluding carboxylic acids is 2. The number of amides is 2. The van der Waals surface area contributed by atoms with Crippen molar-refractivity contribution in [3.05, 3.63) is 0 Å². The topological polar surface area (TPSA) is 75.4 Å². The second kappa shape index (κ2) is 5.84. The van der Waals surface area contributed by atoms with Crippen molar-refractivity contribution in [3.63, 3.8) is 0 Å². The van der Waals surface area contributed by atoms with Crippen LogP contribution in [-0.4, -0.2) is 41.9 Å². The maximum Gasteiger partial charge on any atom is 0.239 e. The monoisotopic (exact) mass is 227 g/mol. The SMILES string of the molecule is CCC(=O)NC1CCN(C(=O)C(C)N)CC1. The molecule has 1 saturated heterocycles. The molecule has 0 aromatic carbocycles. The quantitative estimate of drug-likeness (QED) is 0.704. The number of nitrogens with one attached hydrogen (secondary N) is 1. The summed E-state index contributed by atoms with van der Waals surface area (Å²) in [6.45, 7) is 4.92. The zero-order chi connectivity index (χ0) is 12.1. The number of rotatable bonds is 3. The number of hydrogen-bond acceptors (Lipinski definition) is 3. The first kappa shape index (κ1) is 13.0. The minimum Gasteiger partial charge on any atom is -0.353 e. The van der Waals surface area contributed by atoms with E-state index in [0.717, 1.165) is 12.8 Å². The molecule has 2 amide bonds. The van der Waals surface area contributed by atoms with Crippen LogP contribution in [0.1, 0.15) is 33.1 Å². The molecule has 5 heteroatoms. The highest BCUT2D eigenvalue weighted by Gasteiger charge is 2.24. The van der Waals surface area contributed by atoms with Crippen LogP contribution in [0.15, 0.2) is 0 Å². The lowest BCUT2D eigenvalue weighted by Gasteiger charge is -2.33. The van der Waals surface area contributed by atoms with E-state index in [2.05, 4.69) is 5.32 Å². The number of likely N-dealkylation sites (tertiary alicyclic amines) is 1. The van der Waals surface area contributed by atoms with Crippen molar-refractivity contribution in [3.8, 4) is 0 Å². The van der Waals surface area contributed by atoms with E-state index in [0.29, 0.717) is 19.5 Å². The van der Waals surface area contributed by atoms with Gasteiger partial charge in [-0.3, -0.25) is 9.59 Å². The Hall–Kier alpha value is -1.10. The van der Waals surface area contributed by atoms with Crippen molar-refractivity contribution in [1.82, 2.24) is 10.2 Å². The Morgan fingerprint density at radius 1 is 1.44 bits per heavy atom. The molecule has 1 heterocycles. The Morgan fingerprint density at radius 2 is 2.00 bits per heavy atom. The van der Waals surface area contributed by atoms with Gasteiger partial charge in [0.1, 0.15) is 0 Å². The highest BCUT2D eigenvalue weighted by molar-refractivity contribution is 5.81. The predicted molar refractivity (Wildman–Crippen MR) is 61.7 cm³/mol. The number of hydrogen-bond donors (Lipinski definition) is 2. The van der Waals surface area contributed by atoms with E-state index in [1.807, 2.05) is 6.92 Å². The van der Waals surface area contributed by atoms with E-state index in [9.17, 15) is 9.59 Å². The molecular formula is C11H21N3O2. The molecule has 5 nitrogen and oxygen atoms in total. The van der Waals surface area contributed by atoms with Crippen molar-refractivity contribution in [1.29, 1.82) is 0 Å². The molecule has 1 atom stereocenters. The minimum atomic E-state index is -0.429. The summed E-state index contributed by atoms with van der Waals surface area (Å²) in [7, 11) is 0. The van der Waals surface area contributed by atoms with Gasteiger partial charge in [0.25, 0.3) is 0 Å². The Morgan fingerprint density at radius 3 is 2.44 bits per heavy atom. The average Bonchev–Trinajstić information content (AvgIpc) is 2.28. The number of carbonyl (C=O) groups is 2. The molecule has 1 aliphatic rings. The number of nitrogens with zero attached hydrogens (tertiary/aromatic N) is 1. The van der Waals surface area contributed by atoms with E-state index >= 15 is 0 Å². The van der Waals surface area contributed by atoms with E-state index in [1.54, 1.807) is 11.8 Å². The van der Waals surface area contributed by atoms with Crippen molar-refractivity contribution in [2.24, 2.45) is 5.73 Å². The average molecular weight is 227 g/mol. The summed E-state index contributed by atoms with van der Waals surface area (Å²) >= 11 is 0. The summed E-state index contributed by atoms with van der Waals surface area (Å²) in [6.07, 6.45) is 2.16. The van der Waals surface area contributed by atoms with Gasteiger partial charge < -0.3 is 16.0 Å². The maximum absolute atomic E-state index is 11.6. The molecule has 16 heavy (non-hydrogen) atoms. The molecule has 0 bridgehead atoms. The second-order valence-electron chi connectivity index (χ2n) is 4.31. The van der Waals surface area contributed by atoms with Crippen LogP contribution >= 0.6 is 0 Å². The molecule has 1 aliphatic heterocycles. The van der Waals surface area contributed by atoms with Crippen LogP contribution < -0.4 is 11.1 Å². The van der Waals surface area contributed by atoms with Gasteiger partial charge in [-0.05, 0) is 19.8 Å². The van der Waals surface area contributed by atoms with Crippen molar-refractivity contribution in [2.75, 3.05) is 13.1 Å². The molecular weight excluding hydrogens is 206 g/mol. The summed E-state index contributed by atoms with van der Waals surface area (Å²) in [5.74, 6) is 0.0808. The normalized spacial score (nSPS) is 19.3. The molecule has 1 rings (SSSR count). The molecule has 0 saturated carbocycles. The third kappa shape index (κ3) is 3.48. The summed E-state index contributed by atoms with van der Waals surface area (Å²) in [5, 5.41) is 2.95. The van der Waals surface area contributed by atoms with Gasteiger partial charge in [0.15, 0.2) is 0 Å². The van der Waals surface area contributed by atoms with Crippen molar-refractivity contribution < 1.29 is 9.59 Å². The number of piperidine rings is 1. The van der Waals surface area contributed by atoms with Crippen LogP contribution in [-0.2, 0) is 9.59 Å². The highest BCUT2D eigenvalue weighted by atomic mass is 16.2. The van der Waals surface area contributed by atoms with Crippen LogP contribution in [0.25, 0.3) is 0 Å². The van der Waals surface area contributed by atoms with Gasteiger partial charge in [0.05, 0.1) is 6.04 Å². The lowest BCUT2D eigenvalue weighted by Crippen LogP contribution is -2.50. The minimum absolute atomic E-state index is 0.000248. The second-order valence-corrected chi connectivity index (χ2v) is 4.31. The lowest BCUT2D eigenvalue weighted by atomic mass is 10.0. The van der Waals surface area contributed by atoms with Gasteiger partial charge in [-0.1, -0.05) is 6.92 Å². The first-order valence-corrected chi connectivity index (χ1v) is 5.88. The molecule has 0 aliphatic carbocycles. The first-order chi connectivity index (χ1) is 7.54. The Bertz CT molecular complexity index is 258. The van der Waals surface area contributed by atoms with Gasteiger partial charge >= 0.3 is 0 Å². The molecule has 0 aromatic heterocycles. The van der Waals surface area contributed by atoms with Crippen LogP contribution in [0, 0.1) is 0 Å². The van der Waals surface area contributed by atoms with Gasteiger partial charge in [-0.15, -0.1) is 0 Å². The summed E-state index contributed by atoms with van der Waals surface area (Å²) in [6, 6.07) is -0.216. The Balaban J connectivity index is 2.34. The first-order valence-electron chi connectivity index (χ1n) is 5.88. The fraction of sp³-hybridized carbons (Fsp3) is 0.818. The molecule has 0 aromatic rings. The van der Waals surface area contributed by atoms with Crippen LogP contribution in [0.4, 0.5) is 0 Å². The maximum atomic E-state index is 11.6. The van der Waals surface area contributed by atoms with Gasteiger partial charge in [0.2, 0.25) is 11.8 Å². The summed E-state index contributed by atoms with van der Waals surface area (Å²) < 4.78 is 0. The molecule has 92 valence electrons. The molecule has 1 unspecified atom stereocenters. The van der Waals surface area contributed by atoms with E-state index in [1.165, 1.54) is 0 Å². The fourth-order valence-corrected chi connectivity index (χ4v) is 1.86. The van der Waals surface area contributed by atoms with Gasteiger partial charge in [-0.2, -0.15) is 0 Å². The highest BCUT2D eigenvalue weighted by Crippen LogP contribution is 2.11. The lowest BCUT2D eigenvalue weighted by molar-refractivity contribution is -0.133. The summed E-state index contributed by atoms with van der Waals surface area (Å²) in [4.78, 5) is 24.6. The molecule has 3 N–H and O–H groups in total. The standard InChI is InChI=1S/C11H21N3O2/c1-3-10(15)13-9-4-6-14(7-5-9)11(16)8(2)12/h8-9H,3-7,12H2,1-2H3,(H,13,15). The zero-order valence-corrected chi connectivity index (χ0v) is 10.0. The van der Waals surface area contributed by atoms with Crippen molar-refractivity contribution >= 4 is 11.8 Å². The zero-order valence-electron chi connectivity index (χ0n) is 10.0.